The fraction of sp³-hybridized carbons (Fsp3) is 0.125. The minimum atomic E-state index is 1.01. The molecule has 0 nitrogen and oxygen atoms in total. The van der Waals surface area contributed by atoms with E-state index in [9.17, 15) is 0 Å². The summed E-state index contributed by atoms with van der Waals surface area (Å²) in [6.07, 6.45) is 6.29. The highest BCUT2D eigenvalue weighted by molar-refractivity contribution is 5.75. The summed E-state index contributed by atoms with van der Waals surface area (Å²) in [4.78, 5) is 0. The van der Waals surface area contributed by atoms with Crippen LogP contribution in [0.25, 0.3) is 11.1 Å². The van der Waals surface area contributed by atoms with Gasteiger partial charge in [0.25, 0.3) is 0 Å². The van der Waals surface area contributed by atoms with Gasteiger partial charge < -0.3 is 0 Å². The van der Waals surface area contributed by atoms with Gasteiger partial charge in [0, 0.05) is 5.56 Å². The van der Waals surface area contributed by atoms with Crippen LogP contribution < -0.4 is 0 Å². The Balaban J connectivity index is 0.000000134. The van der Waals surface area contributed by atoms with Crippen LogP contribution in [0.3, 0.4) is 0 Å². The molecular weight excluding hydrogens is 192 g/mol. The number of fused-ring (bicyclic) bond motifs is 1. The van der Waals surface area contributed by atoms with Crippen LogP contribution in [0.5, 0.6) is 0 Å². The van der Waals surface area contributed by atoms with Crippen molar-refractivity contribution in [3.8, 4) is 23.5 Å². The van der Waals surface area contributed by atoms with Crippen LogP contribution in [0.2, 0.25) is 0 Å². The maximum Gasteiger partial charge on any atom is 0.0274 e. The molecule has 0 heterocycles. The molecule has 0 fully saturated rings. The third-order valence-electron chi connectivity index (χ3n) is 2.77. The van der Waals surface area contributed by atoms with Crippen molar-refractivity contribution in [1.82, 2.24) is 0 Å². The Morgan fingerprint density at radius 2 is 1.50 bits per heavy atom. The van der Waals surface area contributed by atoms with E-state index in [1.807, 2.05) is 18.2 Å². The first-order valence-corrected chi connectivity index (χ1v) is 5.50. The number of hydrogen-bond donors (Lipinski definition) is 0. The van der Waals surface area contributed by atoms with Crippen LogP contribution in [0, 0.1) is 12.3 Å². The quantitative estimate of drug-likeness (QED) is 0.530. The lowest BCUT2D eigenvalue weighted by Gasteiger charge is -2.10. The minimum Gasteiger partial charge on any atom is -0.115 e. The monoisotopic (exact) mass is 206 g/mol. The molecule has 0 atom stereocenters. The Hall–Kier alpha value is -2.00. The molecular formula is C16H14. The lowest BCUT2D eigenvalue weighted by Crippen LogP contribution is -1.85. The minimum absolute atomic E-state index is 1.01. The van der Waals surface area contributed by atoms with Gasteiger partial charge in [-0.25, -0.2) is 0 Å². The number of hydrogen-bond acceptors (Lipinski definition) is 0. The van der Waals surface area contributed by atoms with Crippen molar-refractivity contribution in [2.24, 2.45) is 0 Å². The fourth-order valence-electron chi connectivity index (χ4n) is 1.63. The highest BCUT2D eigenvalue weighted by atomic mass is 14.1. The molecule has 2 aliphatic carbocycles. The summed E-state index contributed by atoms with van der Waals surface area (Å²) in [6.45, 7) is 2.11. The average Bonchev–Trinajstić information content (AvgIpc) is 2.34. The number of rotatable bonds is 1. The molecule has 0 aliphatic heterocycles. The van der Waals surface area contributed by atoms with Gasteiger partial charge in [-0.3, -0.25) is 0 Å². The largest absolute Gasteiger partial charge is 0.115 e. The maximum absolute atomic E-state index is 5.28. The van der Waals surface area contributed by atoms with Gasteiger partial charge in [-0.05, 0) is 29.2 Å². The Kier molecular flexibility index (Phi) is 3.08. The molecule has 0 bridgehead atoms. The normalized spacial score (nSPS) is 9.75. The molecule has 0 radical (unpaired) electrons. The van der Waals surface area contributed by atoms with E-state index < -0.39 is 0 Å². The molecule has 2 aliphatic rings. The molecule has 0 aromatic heterocycles. The van der Waals surface area contributed by atoms with E-state index in [-0.39, 0.29) is 0 Å². The summed E-state index contributed by atoms with van der Waals surface area (Å²) in [5.74, 6) is 2.65. The van der Waals surface area contributed by atoms with Crippen molar-refractivity contribution >= 4 is 0 Å². The molecule has 0 unspecified atom stereocenters. The van der Waals surface area contributed by atoms with E-state index in [0.29, 0.717) is 0 Å². The van der Waals surface area contributed by atoms with Crippen LogP contribution in [0.1, 0.15) is 18.1 Å². The average molecular weight is 206 g/mol. The second-order valence-corrected chi connectivity index (χ2v) is 3.73. The van der Waals surface area contributed by atoms with E-state index in [0.717, 1.165) is 12.0 Å². The molecule has 16 heavy (non-hydrogen) atoms. The first kappa shape index (κ1) is 10.5. The van der Waals surface area contributed by atoms with Gasteiger partial charge in [0.2, 0.25) is 0 Å². The van der Waals surface area contributed by atoms with Crippen molar-refractivity contribution in [3.63, 3.8) is 0 Å². The van der Waals surface area contributed by atoms with Crippen molar-refractivity contribution < 1.29 is 0 Å². The van der Waals surface area contributed by atoms with Gasteiger partial charge in [0.15, 0.2) is 0 Å². The third kappa shape index (κ3) is 1.99. The molecule has 0 saturated carbocycles. The predicted molar refractivity (Wildman–Crippen MR) is 69.2 cm³/mol. The SMILES string of the molecule is C#Cc1ccccc1CC.c1cc2ccc1-2. The number of aryl methyl sites for hydroxylation is 1. The third-order valence-corrected chi connectivity index (χ3v) is 2.77. The van der Waals surface area contributed by atoms with Crippen molar-refractivity contribution in [3.05, 3.63) is 59.7 Å². The van der Waals surface area contributed by atoms with Gasteiger partial charge in [-0.1, -0.05) is 55.3 Å². The predicted octanol–water partition coefficient (Wildman–Crippen LogP) is 3.90. The summed E-state index contributed by atoms with van der Waals surface area (Å²) >= 11 is 0. The Labute approximate surface area is 96.9 Å². The molecule has 0 saturated heterocycles. The summed E-state index contributed by atoms with van der Waals surface area (Å²) in [5.41, 5.74) is 5.12. The number of benzene rings is 2. The maximum atomic E-state index is 5.28. The van der Waals surface area contributed by atoms with Gasteiger partial charge in [-0.2, -0.15) is 0 Å². The van der Waals surface area contributed by atoms with Crippen molar-refractivity contribution in [2.75, 3.05) is 0 Å². The van der Waals surface area contributed by atoms with E-state index in [2.05, 4.69) is 43.2 Å². The van der Waals surface area contributed by atoms with E-state index in [4.69, 9.17) is 6.42 Å². The van der Waals surface area contributed by atoms with E-state index in [1.54, 1.807) is 0 Å². The lowest BCUT2D eigenvalue weighted by molar-refractivity contribution is 1.13. The molecule has 3 rings (SSSR count). The van der Waals surface area contributed by atoms with Crippen molar-refractivity contribution in [1.29, 1.82) is 0 Å². The highest BCUT2D eigenvalue weighted by Gasteiger charge is 2.03. The second-order valence-electron chi connectivity index (χ2n) is 3.73. The van der Waals surface area contributed by atoms with Gasteiger partial charge in [0.05, 0.1) is 0 Å². The summed E-state index contributed by atoms with van der Waals surface area (Å²) < 4.78 is 0. The number of terminal acetylenes is 1. The van der Waals surface area contributed by atoms with E-state index in [1.165, 1.54) is 16.7 Å². The zero-order valence-electron chi connectivity index (χ0n) is 9.40. The van der Waals surface area contributed by atoms with Crippen LogP contribution in [0.4, 0.5) is 0 Å². The smallest absolute Gasteiger partial charge is 0.0274 e. The topological polar surface area (TPSA) is 0 Å². The zero-order chi connectivity index (χ0) is 11.4. The second kappa shape index (κ2) is 4.68. The van der Waals surface area contributed by atoms with Crippen molar-refractivity contribution in [2.45, 2.75) is 13.3 Å². The zero-order valence-corrected chi connectivity index (χ0v) is 9.40. The van der Waals surface area contributed by atoms with Crippen LogP contribution in [-0.2, 0) is 6.42 Å². The first-order valence-electron chi connectivity index (χ1n) is 5.50. The van der Waals surface area contributed by atoms with E-state index >= 15 is 0 Å². The highest BCUT2D eigenvalue weighted by Crippen LogP contribution is 2.29. The Morgan fingerprint density at radius 1 is 0.938 bits per heavy atom. The molecule has 1 aromatic carbocycles. The van der Waals surface area contributed by atoms with Gasteiger partial charge in [0.1, 0.15) is 0 Å². The molecule has 0 N–H and O–H groups in total. The van der Waals surface area contributed by atoms with Crippen LogP contribution >= 0.6 is 0 Å². The first-order chi connectivity index (χ1) is 7.85. The fourth-order valence-corrected chi connectivity index (χ4v) is 1.63. The van der Waals surface area contributed by atoms with Crippen LogP contribution in [-0.4, -0.2) is 0 Å². The molecule has 0 heteroatoms. The van der Waals surface area contributed by atoms with Gasteiger partial charge in [-0.15, -0.1) is 6.42 Å². The van der Waals surface area contributed by atoms with Crippen LogP contribution in [0.15, 0.2) is 48.5 Å². The molecule has 0 spiro atoms. The Bertz CT molecular complexity index is 491. The summed E-state index contributed by atoms with van der Waals surface area (Å²) in [7, 11) is 0. The summed E-state index contributed by atoms with van der Waals surface area (Å²) in [6, 6.07) is 16.5. The Morgan fingerprint density at radius 3 is 1.81 bits per heavy atom. The lowest BCUT2D eigenvalue weighted by atomic mass is 9.95. The standard InChI is InChI=1S/C10H10.C6H4/c1-3-9-7-5-6-8-10(9)4-2;1-2-6-4-3-5(1)6/h1,5-8H,4H2,2H3;1-4H. The molecule has 1 aromatic rings. The molecule has 0 amide bonds. The summed E-state index contributed by atoms with van der Waals surface area (Å²) in [5, 5.41) is 0. The van der Waals surface area contributed by atoms with Gasteiger partial charge >= 0.3 is 0 Å². The molecule has 78 valence electrons.